The van der Waals surface area contributed by atoms with Crippen molar-refractivity contribution >= 4 is 29.9 Å². The van der Waals surface area contributed by atoms with Crippen molar-refractivity contribution in [1.29, 1.82) is 0 Å². The molecule has 0 spiro atoms. The van der Waals surface area contributed by atoms with E-state index in [1.165, 1.54) is 12.8 Å². The van der Waals surface area contributed by atoms with Crippen molar-refractivity contribution in [2.24, 2.45) is 16.6 Å². The van der Waals surface area contributed by atoms with Crippen LogP contribution < -0.4 is 15.8 Å². The second-order valence-electron chi connectivity index (χ2n) is 6.50. The van der Waals surface area contributed by atoms with Crippen LogP contribution in [0, 0.1) is 5.92 Å². The van der Waals surface area contributed by atoms with E-state index < -0.39 is 0 Å². The maximum absolute atomic E-state index is 6.01. The van der Waals surface area contributed by atoms with Gasteiger partial charge in [-0.05, 0) is 57.1 Å². The average molecular weight is 432 g/mol. The molecule has 1 aromatic rings. The molecule has 0 aliphatic heterocycles. The average Bonchev–Trinajstić information content (AvgIpc) is 2.47. The van der Waals surface area contributed by atoms with Gasteiger partial charge in [0, 0.05) is 18.3 Å². The van der Waals surface area contributed by atoms with E-state index in [0.29, 0.717) is 24.5 Å². The summed E-state index contributed by atoms with van der Waals surface area (Å²) < 4.78 is 6.01. The summed E-state index contributed by atoms with van der Waals surface area (Å²) in [6, 6.07) is 4.19. The van der Waals surface area contributed by atoms with Gasteiger partial charge in [0.2, 0.25) is 5.88 Å². The maximum atomic E-state index is 6.01. The van der Waals surface area contributed by atoms with Gasteiger partial charge in [0.1, 0.15) is 6.10 Å². The van der Waals surface area contributed by atoms with Crippen LogP contribution in [0.1, 0.15) is 52.0 Å². The SMILES string of the molecule is CC1CCC(Oc2cc(CN=C(N)NC(C)C)ccn2)CC1.I. The molecule has 0 amide bonds. The highest BCUT2D eigenvalue weighted by atomic mass is 127. The van der Waals surface area contributed by atoms with Crippen molar-refractivity contribution in [3.63, 3.8) is 0 Å². The summed E-state index contributed by atoms with van der Waals surface area (Å²) in [6.45, 7) is 6.91. The van der Waals surface area contributed by atoms with Crippen molar-refractivity contribution in [3.05, 3.63) is 23.9 Å². The number of ether oxygens (including phenoxy) is 1. The number of halogens is 1. The molecule has 0 unspecified atom stereocenters. The molecule has 1 aromatic heterocycles. The zero-order valence-corrected chi connectivity index (χ0v) is 16.6. The molecule has 130 valence electrons. The zero-order chi connectivity index (χ0) is 15.9. The highest BCUT2D eigenvalue weighted by Crippen LogP contribution is 2.26. The first-order valence-corrected chi connectivity index (χ1v) is 8.21. The Morgan fingerprint density at radius 3 is 2.74 bits per heavy atom. The van der Waals surface area contributed by atoms with Crippen molar-refractivity contribution in [2.75, 3.05) is 0 Å². The number of aliphatic imine (C=N–C) groups is 1. The smallest absolute Gasteiger partial charge is 0.213 e. The monoisotopic (exact) mass is 432 g/mol. The lowest BCUT2D eigenvalue weighted by molar-refractivity contribution is 0.130. The number of guanidine groups is 1. The highest BCUT2D eigenvalue weighted by molar-refractivity contribution is 14.0. The van der Waals surface area contributed by atoms with Gasteiger partial charge in [-0.3, -0.25) is 0 Å². The Kier molecular flexibility index (Phi) is 8.65. The van der Waals surface area contributed by atoms with E-state index in [1.54, 1.807) is 6.20 Å². The zero-order valence-electron chi connectivity index (χ0n) is 14.3. The summed E-state index contributed by atoms with van der Waals surface area (Å²) in [5.74, 6) is 1.99. The lowest BCUT2D eigenvalue weighted by atomic mass is 9.89. The van der Waals surface area contributed by atoms with Crippen LogP contribution in [0.15, 0.2) is 23.3 Å². The van der Waals surface area contributed by atoms with E-state index in [-0.39, 0.29) is 30.0 Å². The van der Waals surface area contributed by atoms with E-state index in [9.17, 15) is 0 Å². The summed E-state index contributed by atoms with van der Waals surface area (Å²) in [4.78, 5) is 8.64. The van der Waals surface area contributed by atoms with Gasteiger partial charge in [-0.15, -0.1) is 24.0 Å². The molecule has 2 rings (SSSR count). The maximum Gasteiger partial charge on any atom is 0.213 e. The van der Waals surface area contributed by atoms with Crippen molar-refractivity contribution in [2.45, 2.75) is 65.1 Å². The molecule has 0 aromatic carbocycles. The Morgan fingerprint density at radius 2 is 2.09 bits per heavy atom. The Morgan fingerprint density at radius 1 is 1.39 bits per heavy atom. The Hall–Kier alpha value is -1.05. The first-order valence-electron chi connectivity index (χ1n) is 8.21. The van der Waals surface area contributed by atoms with Crippen LogP contribution in [-0.4, -0.2) is 23.1 Å². The first-order chi connectivity index (χ1) is 10.5. The van der Waals surface area contributed by atoms with Gasteiger partial charge >= 0.3 is 0 Å². The molecule has 0 radical (unpaired) electrons. The number of hydrogen-bond acceptors (Lipinski definition) is 3. The minimum atomic E-state index is 0. The largest absolute Gasteiger partial charge is 0.474 e. The highest BCUT2D eigenvalue weighted by Gasteiger charge is 2.19. The van der Waals surface area contributed by atoms with Crippen LogP contribution in [-0.2, 0) is 6.54 Å². The lowest BCUT2D eigenvalue weighted by Gasteiger charge is -2.26. The van der Waals surface area contributed by atoms with Crippen LogP contribution in [0.3, 0.4) is 0 Å². The van der Waals surface area contributed by atoms with E-state index in [2.05, 4.69) is 22.2 Å². The molecular formula is C17H29IN4O. The predicted molar refractivity (Wildman–Crippen MR) is 105 cm³/mol. The second-order valence-corrected chi connectivity index (χ2v) is 6.50. The van der Waals surface area contributed by atoms with Gasteiger partial charge in [0.25, 0.3) is 0 Å². The standard InChI is InChI=1S/C17H28N4O.HI/c1-12(2)21-17(18)20-11-14-8-9-19-16(10-14)22-15-6-4-13(3)5-7-15;/h8-10,12-13,15H,4-7,11H2,1-3H3,(H3,18,20,21);1H. The molecule has 1 saturated carbocycles. The van der Waals surface area contributed by atoms with E-state index in [0.717, 1.165) is 24.3 Å². The third-order valence-corrected chi connectivity index (χ3v) is 3.92. The Labute approximate surface area is 156 Å². The van der Waals surface area contributed by atoms with Gasteiger partial charge in [0.15, 0.2) is 5.96 Å². The van der Waals surface area contributed by atoms with Crippen LogP contribution in [0.25, 0.3) is 0 Å². The molecule has 1 fully saturated rings. The van der Waals surface area contributed by atoms with E-state index in [4.69, 9.17) is 10.5 Å². The van der Waals surface area contributed by atoms with E-state index in [1.807, 2.05) is 26.0 Å². The molecule has 1 heterocycles. The van der Waals surface area contributed by atoms with Gasteiger partial charge < -0.3 is 15.8 Å². The minimum Gasteiger partial charge on any atom is -0.474 e. The molecule has 0 bridgehead atoms. The number of nitrogens with one attached hydrogen (secondary N) is 1. The normalized spacial score (nSPS) is 21.7. The molecule has 6 heteroatoms. The van der Waals surface area contributed by atoms with Gasteiger partial charge in [0.05, 0.1) is 6.54 Å². The lowest BCUT2D eigenvalue weighted by Crippen LogP contribution is -2.36. The third-order valence-electron chi connectivity index (χ3n) is 3.92. The summed E-state index contributed by atoms with van der Waals surface area (Å²) in [5.41, 5.74) is 6.87. The van der Waals surface area contributed by atoms with Crippen LogP contribution >= 0.6 is 24.0 Å². The fourth-order valence-corrected chi connectivity index (χ4v) is 2.65. The molecule has 23 heavy (non-hydrogen) atoms. The molecule has 1 aliphatic carbocycles. The fourth-order valence-electron chi connectivity index (χ4n) is 2.65. The molecule has 0 atom stereocenters. The Balaban J connectivity index is 0.00000264. The number of pyridine rings is 1. The topological polar surface area (TPSA) is 72.5 Å². The molecule has 5 nitrogen and oxygen atoms in total. The number of rotatable bonds is 5. The summed E-state index contributed by atoms with van der Waals surface area (Å²) in [7, 11) is 0. The van der Waals surface area contributed by atoms with Crippen molar-refractivity contribution < 1.29 is 4.74 Å². The third kappa shape index (κ3) is 7.37. The summed E-state index contributed by atoms with van der Waals surface area (Å²) in [6.07, 6.45) is 6.80. The summed E-state index contributed by atoms with van der Waals surface area (Å²) in [5, 5.41) is 3.08. The van der Waals surface area contributed by atoms with E-state index >= 15 is 0 Å². The minimum absolute atomic E-state index is 0. The number of hydrogen-bond donors (Lipinski definition) is 2. The van der Waals surface area contributed by atoms with Crippen LogP contribution in [0.4, 0.5) is 0 Å². The number of aromatic nitrogens is 1. The molecule has 3 N–H and O–H groups in total. The van der Waals surface area contributed by atoms with Gasteiger partial charge in [-0.2, -0.15) is 0 Å². The van der Waals surface area contributed by atoms with Crippen molar-refractivity contribution in [3.8, 4) is 5.88 Å². The molecular weight excluding hydrogens is 403 g/mol. The number of nitrogens with two attached hydrogens (primary N) is 1. The summed E-state index contributed by atoms with van der Waals surface area (Å²) >= 11 is 0. The van der Waals surface area contributed by atoms with Crippen molar-refractivity contribution in [1.82, 2.24) is 10.3 Å². The predicted octanol–water partition coefficient (Wildman–Crippen LogP) is 3.47. The van der Waals surface area contributed by atoms with Gasteiger partial charge in [-0.25, -0.2) is 9.98 Å². The van der Waals surface area contributed by atoms with Crippen LogP contribution in [0.2, 0.25) is 0 Å². The van der Waals surface area contributed by atoms with Gasteiger partial charge in [-0.1, -0.05) is 6.92 Å². The molecule has 0 saturated heterocycles. The van der Waals surface area contributed by atoms with Crippen LogP contribution in [0.5, 0.6) is 5.88 Å². The quantitative estimate of drug-likeness (QED) is 0.425. The fraction of sp³-hybridized carbons (Fsp3) is 0.647. The Bertz CT molecular complexity index is 499. The number of nitrogens with zero attached hydrogens (tertiary/aromatic N) is 2. The molecule has 1 aliphatic rings. The first kappa shape index (κ1) is 20.0. The second kappa shape index (κ2) is 9.95.